The van der Waals surface area contributed by atoms with Gasteiger partial charge in [-0.25, -0.2) is 4.79 Å². The van der Waals surface area contributed by atoms with Gasteiger partial charge >= 0.3 is 6.16 Å². The molecule has 2 aliphatic carbocycles. The van der Waals surface area contributed by atoms with Crippen molar-refractivity contribution in [2.24, 2.45) is 17.8 Å². The fraction of sp³-hybridized carbons (Fsp3) is 0.708. The van der Waals surface area contributed by atoms with E-state index in [1.165, 1.54) is 32.1 Å². The third-order valence-electron chi connectivity index (χ3n) is 6.41. The Labute approximate surface area is 179 Å². The fourth-order valence-electron chi connectivity index (χ4n) is 4.92. The first-order valence-electron chi connectivity index (χ1n) is 11.5. The first-order chi connectivity index (χ1) is 14.5. The summed E-state index contributed by atoms with van der Waals surface area (Å²) in [6.45, 7) is 4.13. The second-order valence-corrected chi connectivity index (χ2v) is 8.46. The van der Waals surface area contributed by atoms with Crippen LogP contribution < -0.4 is 9.47 Å². The summed E-state index contributed by atoms with van der Waals surface area (Å²) in [7, 11) is 0. The molecule has 2 fully saturated rings. The smallest absolute Gasteiger partial charge is 0.491 e. The van der Waals surface area contributed by atoms with Crippen LogP contribution in [-0.2, 0) is 0 Å². The molecule has 0 aliphatic heterocycles. The highest BCUT2D eigenvalue weighted by Crippen LogP contribution is 2.40. The molecule has 0 spiro atoms. The van der Waals surface area contributed by atoms with Crippen LogP contribution in [-0.4, -0.2) is 17.9 Å². The molecule has 4 nitrogen and oxygen atoms in total. The third-order valence-corrected chi connectivity index (χ3v) is 6.41. The summed E-state index contributed by atoms with van der Waals surface area (Å²) in [6, 6.07) is 2.08. The van der Waals surface area contributed by atoms with Crippen molar-refractivity contribution in [2.45, 2.75) is 84.5 Å². The van der Waals surface area contributed by atoms with E-state index in [0.29, 0.717) is 0 Å². The van der Waals surface area contributed by atoms with Crippen LogP contribution in [0.3, 0.4) is 0 Å². The minimum absolute atomic E-state index is 0.176. The van der Waals surface area contributed by atoms with Crippen molar-refractivity contribution in [1.82, 2.24) is 0 Å². The second kappa shape index (κ2) is 12.8. The summed E-state index contributed by atoms with van der Waals surface area (Å²) in [5, 5.41) is 8.21. The predicted octanol–water partition coefficient (Wildman–Crippen LogP) is 7.59. The largest absolute Gasteiger partial charge is 0.511 e. The lowest BCUT2D eigenvalue weighted by molar-refractivity contribution is 0.142. The predicted molar refractivity (Wildman–Crippen MR) is 113 cm³/mol. The van der Waals surface area contributed by atoms with Crippen molar-refractivity contribution in [1.29, 1.82) is 0 Å². The molecule has 0 bridgehead atoms. The van der Waals surface area contributed by atoms with Gasteiger partial charge in [-0.2, -0.15) is 8.78 Å². The zero-order valence-corrected chi connectivity index (χ0v) is 18.3. The summed E-state index contributed by atoms with van der Waals surface area (Å²) in [6.07, 6.45) is 15.1. The third kappa shape index (κ3) is 7.44. The number of hydrogen-bond donors (Lipinski definition) is 1. The first-order valence-corrected chi connectivity index (χ1v) is 11.5. The van der Waals surface area contributed by atoms with Crippen LogP contribution in [0.25, 0.3) is 0 Å². The van der Waals surface area contributed by atoms with E-state index in [9.17, 15) is 13.6 Å². The average molecular weight is 427 g/mol. The van der Waals surface area contributed by atoms with Crippen molar-refractivity contribution in [3.63, 3.8) is 0 Å². The second-order valence-electron chi connectivity index (χ2n) is 8.46. The minimum atomic E-state index is -1.71. The summed E-state index contributed by atoms with van der Waals surface area (Å²) >= 11 is 0. The van der Waals surface area contributed by atoms with Crippen molar-refractivity contribution in [3.05, 3.63) is 23.8 Å². The number of carboxylic acid groups (broad SMARTS) is 1. The SMILES string of the molecule is CCC[C@H]1CC[C@H](C2CCCCC2)CC1.CCOc1ccc(OC(=O)O)c(F)c1F. The summed E-state index contributed by atoms with van der Waals surface area (Å²) in [5.41, 5.74) is 0. The number of rotatable bonds is 6. The van der Waals surface area contributed by atoms with E-state index in [1.54, 1.807) is 45.4 Å². The van der Waals surface area contributed by atoms with Gasteiger partial charge in [0.1, 0.15) is 0 Å². The fourth-order valence-corrected chi connectivity index (χ4v) is 4.92. The van der Waals surface area contributed by atoms with Crippen molar-refractivity contribution < 1.29 is 28.2 Å². The Balaban J connectivity index is 0.000000214. The van der Waals surface area contributed by atoms with Gasteiger partial charge in [-0.05, 0) is 49.7 Å². The molecule has 0 radical (unpaired) electrons. The van der Waals surface area contributed by atoms with E-state index in [2.05, 4.69) is 11.7 Å². The van der Waals surface area contributed by atoms with Gasteiger partial charge in [0, 0.05) is 0 Å². The molecule has 0 atom stereocenters. The number of ether oxygens (including phenoxy) is 2. The molecule has 1 N–H and O–H groups in total. The van der Waals surface area contributed by atoms with Crippen molar-refractivity contribution in [2.75, 3.05) is 6.61 Å². The molecule has 2 saturated carbocycles. The molecule has 1 aromatic carbocycles. The Morgan fingerprint density at radius 2 is 1.50 bits per heavy atom. The van der Waals surface area contributed by atoms with Crippen LogP contribution in [0.2, 0.25) is 0 Å². The zero-order chi connectivity index (χ0) is 21.9. The molecular weight excluding hydrogens is 390 g/mol. The highest BCUT2D eigenvalue weighted by atomic mass is 19.2. The van der Waals surface area contributed by atoms with E-state index in [0.717, 1.165) is 29.9 Å². The van der Waals surface area contributed by atoms with Crippen LogP contribution in [0.5, 0.6) is 11.5 Å². The van der Waals surface area contributed by atoms with Gasteiger partial charge in [0.15, 0.2) is 11.5 Å². The highest BCUT2D eigenvalue weighted by Gasteiger charge is 2.27. The van der Waals surface area contributed by atoms with Gasteiger partial charge in [0.2, 0.25) is 11.6 Å². The lowest BCUT2D eigenvalue weighted by Gasteiger charge is -2.35. The quantitative estimate of drug-likeness (QED) is 0.376. The molecule has 3 rings (SSSR count). The molecule has 0 amide bonds. The van der Waals surface area contributed by atoms with Gasteiger partial charge in [-0.15, -0.1) is 0 Å². The Bertz CT molecular complexity index is 651. The molecule has 6 heteroatoms. The molecule has 0 aromatic heterocycles. The first kappa shape index (κ1) is 24.4. The van der Waals surface area contributed by atoms with E-state index in [1.807, 2.05) is 0 Å². The van der Waals surface area contributed by atoms with Crippen LogP contribution in [0.1, 0.15) is 84.5 Å². The standard InChI is InChI=1S/C15H28.C9H8F2O4/c1-2-6-13-9-11-15(12-10-13)14-7-4-3-5-8-14;1-2-14-5-3-4-6(15-9(12)13)8(11)7(5)10/h13-15H,2-12H2,1H3;3-4H,2H2,1H3,(H,12,13)/t13-,15-;. The number of halogens is 2. The molecular formula is C24H36F2O4. The highest BCUT2D eigenvalue weighted by molar-refractivity contribution is 5.61. The van der Waals surface area contributed by atoms with Gasteiger partial charge < -0.3 is 14.6 Å². The van der Waals surface area contributed by atoms with E-state index < -0.39 is 23.5 Å². The Hall–Kier alpha value is -1.85. The monoisotopic (exact) mass is 426 g/mol. The molecule has 170 valence electrons. The average Bonchev–Trinajstić information content (AvgIpc) is 2.75. The molecule has 0 unspecified atom stereocenters. The van der Waals surface area contributed by atoms with E-state index in [4.69, 9.17) is 9.84 Å². The lowest BCUT2D eigenvalue weighted by Crippen LogP contribution is -2.23. The lowest BCUT2D eigenvalue weighted by atomic mass is 9.70. The molecule has 0 heterocycles. The van der Waals surface area contributed by atoms with Gasteiger partial charge in [0.05, 0.1) is 6.61 Å². The van der Waals surface area contributed by atoms with Gasteiger partial charge in [0.25, 0.3) is 0 Å². The normalized spacial score (nSPS) is 22.0. The Morgan fingerprint density at radius 1 is 0.933 bits per heavy atom. The van der Waals surface area contributed by atoms with E-state index in [-0.39, 0.29) is 12.4 Å². The van der Waals surface area contributed by atoms with E-state index >= 15 is 0 Å². The maximum absolute atomic E-state index is 13.1. The molecule has 0 saturated heterocycles. The topological polar surface area (TPSA) is 55.8 Å². The van der Waals surface area contributed by atoms with Crippen LogP contribution in [0, 0.1) is 29.4 Å². The van der Waals surface area contributed by atoms with Gasteiger partial charge in [-0.3, -0.25) is 0 Å². The number of benzene rings is 1. The number of hydrogen-bond acceptors (Lipinski definition) is 3. The molecule has 2 aliphatic rings. The summed E-state index contributed by atoms with van der Waals surface area (Å²) in [5.74, 6) is -0.287. The van der Waals surface area contributed by atoms with Crippen molar-refractivity contribution >= 4 is 6.16 Å². The van der Waals surface area contributed by atoms with Crippen molar-refractivity contribution in [3.8, 4) is 11.5 Å². The van der Waals surface area contributed by atoms with Crippen LogP contribution in [0.15, 0.2) is 12.1 Å². The minimum Gasteiger partial charge on any atom is -0.491 e. The molecule has 30 heavy (non-hydrogen) atoms. The van der Waals surface area contributed by atoms with Crippen LogP contribution in [0.4, 0.5) is 13.6 Å². The maximum Gasteiger partial charge on any atom is 0.511 e. The zero-order valence-electron chi connectivity index (χ0n) is 18.3. The molecule has 1 aromatic rings. The number of carbonyl (C=O) groups is 1. The van der Waals surface area contributed by atoms with Crippen LogP contribution >= 0.6 is 0 Å². The Kier molecular flexibility index (Phi) is 10.4. The Morgan fingerprint density at radius 3 is 2.07 bits per heavy atom. The summed E-state index contributed by atoms with van der Waals surface area (Å²) in [4.78, 5) is 10.1. The summed E-state index contributed by atoms with van der Waals surface area (Å²) < 4.78 is 35.0. The maximum atomic E-state index is 13.1. The van der Waals surface area contributed by atoms with Gasteiger partial charge in [-0.1, -0.05) is 64.7 Å².